The first kappa shape index (κ1) is 45.5. The van der Waals surface area contributed by atoms with Crippen LogP contribution in [0, 0.1) is 69.0 Å². The third-order valence-corrected chi connectivity index (χ3v) is 19.2. The summed E-state index contributed by atoms with van der Waals surface area (Å²) in [6.45, 7) is 26.4. The summed E-state index contributed by atoms with van der Waals surface area (Å²) in [6, 6.07) is 16.6. The van der Waals surface area contributed by atoms with Gasteiger partial charge in [0, 0.05) is 17.9 Å². The number of benzene rings is 2. The summed E-state index contributed by atoms with van der Waals surface area (Å²) in [5.74, 6) is 1.09. The van der Waals surface area contributed by atoms with Crippen molar-refractivity contribution in [2.75, 3.05) is 26.9 Å². The first-order valence-corrected chi connectivity index (χ1v) is 24.3. The number of sulfonamides is 1. The predicted molar refractivity (Wildman–Crippen MR) is 237 cm³/mol. The van der Waals surface area contributed by atoms with Crippen molar-refractivity contribution < 1.29 is 32.2 Å². The minimum absolute atomic E-state index is 0.0497. The van der Waals surface area contributed by atoms with Crippen LogP contribution in [0.25, 0.3) is 0 Å². The molecule has 0 unspecified atom stereocenters. The van der Waals surface area contributed by atoms with E-state index in [-0.39, 0.29) is 69.3 Å². The number of carbonyl (C=O) groups excluding carboxylic acids is 1. The van der Waals surface area contributed by atoms with Gasteiger partial charge in [0.25, 0.3) is 0 Å². The molecule has 4 fully saturated rings. The average Bonchev–Trinajstić information content (AvgIpc) is 3.19. The van der Waals surface area contributed by atoms with Gasteiger partial charge in [-0.25, -0.2) is 13.1 Å². The molecular formula is C51H75NO7S. The van der Waals surface area contributed by atoms with Crippen LogP contribution in [0.4, 0.5) is 0 Å². The molecule has 332 valence electrons. The molecule has 8 nitrogen and oxygen atoms in total. The van der Waals surface area contributed by atoms with Crippen LogP contribution >= 0.6 is 0 Å². The number of nitrogens with one attached hydrogen (secondary N) is 1. The lowest BCUT2D eigenvalue weighted by molar-refractivity contribution is -0.268. The van der Waals surface area contributed by atoms with E-state index in [2.05, 4.69) is 80.0 Å². The molecule has 3 saturated carbocycles. The number of esters is 1. The smallest absolute Gasteiger partial charge is 0.310 e. The first-order chi connectivity index (χ1) is 28.1. The number of fused-ring (bicyclic) bond motifs is 3. The van der Waals surface area contributed by atoms with E-state index in [0.29, 0.717) is 36.9 Å². The number of methoxy groups -OCH3 is 1. The molecule has 1 aliphatic heterocycles. The van der Waals surface area contributed by atoms with Crippen molar-refractivity contribution >= 4 is 16.0 Å². The van der Waals surface area contributed by atoms with Crippen LogP contribution in [-0.4, -0.2) is 59.6 Å². The van der Waals surface area contributed by atoms with Gasteiger partial charge in [-0.05, 0) is 108 Å². The lowest BCUT2D eigenvalue weighted by Crippen LogP contribution is -2.70. The number of aryl methyl sites for hydroxylation is 1. The molecule has 0 spiro atoms. The fourth-order valence-electron chi connectivity index (χ4n) is 13.5. The first-order valence-electron chi connectivity index (χ1n) is 22.8. The second-order valence-corrected chi connectivity index (χ2v) is 23.9. The van der Waals surface area contributed by atoms with Crippen molar-refractivity contribution in [2.24, 2.45) is 62.1 Å². The standard InChI is InChI=1S/C51H75NO7S/c1-33(2)35(4)47(8)26-27-49(10)38-22-23-41-48(9)31-57-32-51(41,39(38)24-25-50(49,11)43(47)45(53)59-29-36-16-14-13-15-17-36)28-40(56-12)44(48)58-30-42(46(5,6)7)52-60(54,55)37-20-18-34(3)19-21-37/h13-21,24,33,35,38,40-44,52H,22-23,25-32H2,1-12H3/t35-,38+,40-,41+,42-,43-,44+,47-,48-,49-,50+,51+/m1/s1. The zero-order valence-electron chi connectivity index (χ0n) is 38.7. The monoisotopic (exact) mass is 846 g/mol. The van der Waals surface area contributed by atoms with Crippen molar-refractivity contribution in [1.29, 1.82) is 0 Å². The van der Waals surface area contributed by atoms with Gasteiger partial charge in [0.2, 0.25) is 10.0 Å². The number of carbonyl (C=O) groups is 1. The molecule has 5 aliphatic rings. The summed E-state index contributed by atoms with van der Waals surface area (Å²) < 4.78 is 57.0. The molecule has 12 atom stereocenters. The fourth-order valence-corrected chi connectivity index (χ4v) is 14.9. The van der Waals surface area contributed by atoms with Gasteiger partial charge < -0.3 is 18.9 Å². The molecule has 4 aliphatic carbocycles. The second-order valence-electron chi connectivity index (χ2n) is 22.2. The molecule has 60 heavy (non-hydrogen) atoms. The highest BCUT2D eigenvalue weighted by Gasteiger charge is 2.72. The zero-order valence-corrected chi connectivity index (χ0v) is 39.5. The van der Waals surface area contributed by atoms with Gasteiger partial charge in [0.05, 0.1) is 48.9 Å². The van der Waals surface area contributed by atoms with Crippen molar-refractivity contribution in [3.63, 3.8) is 0 Å². The molecule has 9 heteroatoms. The van der Waals surface area contributed by atoms with E-state index in [1.807, 2.05) is 49.4 Å². The van der Waals surface area contributed by atoms with Gasteiger partial charge in [-0.1, -0.05) is 129 Å². The summed E-state index contributed by atoms with van der Waals surface area (Å²) >= 11 is 0. The van der Waals surface area contributed by atoms with Crippen LogP contribution in [-0.2, 0) is 40.4 Å². The number of allylic oxidation sites excluding steroid dienone is 1. The van der Waals surface area contributed by atoms with Crippen molar-refractivity contribution in [2.45, 2.75) is 144 Å². The molecule has 1 heterocycles. The van der Waals surface area contributed by atoms with Crippen LogP contribution in [0.3, 0.4) is 0 Å². The van der Waals surface area contributed by atoms with E-state index >= 15 is 0 Å². The topological polar surface area (TPSA) is 100 Å². The number of rotatable bonds is 12. The lowest BCUT2D eigenvalue weighted by atomic mass is 9.34. The third kappa shape index (κ3) is 7.46. The molecule has 1 saturated heterocycles. The summed E-state index contributed by atoms with van der Waals surface area (Å²) in [7, 11) is -1.98. The maximum absolute atomic E-state index is 14.8. The van der Waals surface area contributed by atoms with Gasteiger partial charge in [-0.2, -0.15) is 0 Å². The molecule has 0 amide bonds. The van der Waals surface area contributed by atoms with Gasteiger partial charge in [0.1, 0.15) is 6.61 Å². The molecule has 0 aromatic heterocycles. The molecule has 2 bridgehead atoms. The normalized spacial score (nSPS) is 37.5. The Morgan fingerprint density at radius 3 is 2.25 bits per heavy atom. The number of ether oxygens (including phenoxy) is 4. The Hall–Kier alpha value is -2.56. The van der Waals surface area contributed by atoms with Crippen LogP contribution in [0.5, 0.6) is 0 Å². The largest absolute Gasteiger partial charge is 0.461 e. The lowest BCUT2D eigenvalue weighted by Gasteiger charge is -2.71. The average molecular weight is 846 g/mol. The summed E-state index contributed by atoms with van der Waals surface area (Å²) in [6.07, 6.45) is 7.80. The maximum atomic E-state index is 14.8. The molecule has 1 N–H and O–H groups in total. The Morgan fingerprint density at radius 1 is 0.933 bits per heavy atom. The number of hydrogen-bond acceptors (Lipinski definition) is 7. The molecule has 2 aromatic carbocycles. The summed E-state index contributed by atoms with van der Waals surface area (Å²) in [5, 5.41) is 0. The van der Waals surface area contributed by atoms with E-state index in [9.17, 15) is 13.2 Å². The van der Waals surface area contributed by atoms with E-state index in [0.717, 1.165) is 49.7 Å². The Morgan fingerprint density at radius 2 is 1.62 bits per heavy atom. The van der Waals surface area contributed by atoms with Crippen LogP contribution in [0.2, 0.25) is 0 Å². The van der Waals surface area contributed by atoms with Crippen molar-refractivity contribution in [1.82, 2.24) is 4.72 Å². The molecule has 2 aromatic rings. The zero-order chi connectivity index (χ0) is 43.7. The predicted octanol–water partition coefficient (Wildman–Crippen LogP) is 10.3. The highest BCUT2D eigenvalue weighted by molar-refractivity contribution is 7.89. The van der Waals surface area contributed by atoms with Crippen LogP contribution in [0.1, 0.15) is 119 Å². The summed E-state index contributed by atoms with van der Waals surface area (Å²) in [5.41, 5.74) is 1.92. The Kier molecular flexibility index (Phi) is 12.3. The highest BCUT2D eigenvalue weighted by atomic mass is 32.2. The second kappa shape index (κ2) is 16.2. The SMILES string of the molecule is CO[C@@H]1C[C@@]23COC[C@](C)([C@@H]2CC[C@H]2C3=CC[C@@]3(C)[C@H](C(=O)OCc4ccccc4)[C@@](C)([C@H](C)C(C)C)CC[C@]23C)[C@H]1OC[C@@H](NS(=O)(=O)c1ccc(C)cc1)C(C)(C)C. The van der Waals surface area contributed by atoms with Gasteiger partial charge in [-0.15, -0.1) is 0 Å². The maximum Gasteiger partial charge on any atom is 0.310 e. The number of hydrogen-bond donors (Lipinski definition) is 1. The highest BCUT2D eigenvalue weighted by Crippen LogP contribution is 2.75. The molecule has 0 radical (unpaired) electrons. The van der Waals surface area contributed by atoms with Gasteiger partial charge in [0.15, 0.2) is 0 Å². The fraction of sp³-hybridized carbons (Fsp3) is 0.706. The molecular weight excluding hydrogens is 771 g/mol. The van der Waals surface area contributed by atoms with Gasteiger partial charge in [-0.3, -0.25) is 4.79 Å². The molecule has 7 rings (SSSR count). The Bertz CT molecular complexity index is 2010. The van der Waals surface area contributed by atoms with Crippen LogP contribution < -0.4 is 4.72 Å². The van der Waals surface area contributed by atoms with E-state index < -0.39 is 21.5 Å². The van der Waals surface area contributed by atoms with Crippen molar-refractivity contribution in [3.8, 4) is 0 Å². The van der Waals surface area contributed by atoms with E-state index in [1.165, 1.54) is 5.57 Å². The van der Waals surface area contributed by atoms with E-state index in [4.69, 9.17) is 18.9 Å². The van der Waals surface area contributed by atoms with Crippen LogP contribution in [0.15, 0.2) is 71.1 Å². The minimum Gasteiger partial charge on any atom is -0.461 e. The van der Waals surface area contributed by atoms with E-state index in [1.54, 1.807) is 19.2 Å². The minimum atomic E-state index is -3.78. The van der Waals surface area contributed by atoms with Gasteiger partial charge >= 0.3 is 5.97 Å². The Balaban J connectivity index is 1.20. The third-order valence-electron chi connectivity index (χ3n) is 17.7. The van der Waals surface area contributed by atoms with Crippen molar-refractivity contribution in [3.05, 3.63) is 77.4 Å². The Labute approximate surface area is 362 Å². The quantitative estimate of drug-likeness (QED) is 0.168. The summed E-state index contributed by atoms with van der Waals surface area (Å²) in [4.78, 5) is 15.1.